The molecule has 2 aromatic carbocycles. The van der Waals surface area contributed by atoms with Crippen molar-refractivity contribution in [1.29, 1.82) is 0 Å². The number of hydrogen-bond donors (Lipinski definition) is 2. The van der Waals surface area contributed by atoms with Crippen molar-refractivity contribution in [3.63, 3.8) is 0 Å². The van der Waals surface area contributed by atoms with Gasteiger partial charge < -0.3 is 19.8 Å². The van der Waals surface area contributed by atoms with Crippen molar-refractivity contribution in [3.05, 3.63) is 75.8 Å². The summed E-state index contributed by atoms with van der Waals surface area (Å²) < 4.78 is 10.9. The van der Waals surface area contributed by atoms with Gasteiger partial charge in [0.1, 0.15) is 22.8 Å². The van der Waals surface area contributed by atoms with Gasteiger partial charge in [-0.1, -0.05) is 42.3 Å². The normalized spacial score (nSPS) is 11.9. The van der Waals surface area contributed by atoms with E-state index in [1.165, 1.54) is 12.4 Å². The molecule has 170 valence electrons. The highest BCUT2D eigenvalue weighted by Crippen LogP contribution is 2.34. The van der Waals surface area contributed by atoms with Crippen LogP contribution in [0.4, 0.5) is 5.69 Å². The number of benzene rings is 2. The van der Waals surface area contributed by atoms with E-state index >= 15 is 0 Å². The summed E-state index contributed by atoms with van der Waals surface area (Å²) in [6, 6.07) is 11.2. The van der Waals surface area contributed by atoms with Crippen LogP contribution in [0.1, 0.15) is 41.0 Å². The minimum Gasteiger partial charge on any atom is -0.497 e. The topological polar surface area (TPSA) is 89.1 Å². The molecule has 4 rings (SSSR count). The molecular weight excluding hydrogens is 463 g/mol. The SMILES string of the molecule is CC[C@H](c1cccc(OC)c1)c1nc2c(OC)ccc(C(=O)Nc3c(Cl)cncc3Cl)c2[nH]1. The number of imidazole rings is 1. The van der Waals surface area contributed by atoms with E-state index in [0.717, 1.165) is 23.6 Å². The number of hydrogen-bond acceptors (Lipinski definition) is 5. The summed E-state index contributed by atoms with van der Waals surface area (Å²) in [6.07, 6.45) is 3.63. The van der Waals surface area contributed by atoms with Gasteiger partial charge >= 0.3 is 0 Å². The fourth-order valence-corrected chi connectivity index (χ4v) is 4.22. The third-order valence-electron chi connectivity index (χ3n) is 5.42. The van der Waals surface area contributed by atoms with Gasteiger partial charge in [-0.2, -0.15) is 0 Å². The molecule has 2 heterocycles. The number of carbonyl (C=O) groups excluding carboxylic acids is 1. The number of methoxy groups -OCH3 is 2. The molecule has 1 amide bonds. The quantitative estimate of drug-likeness (QED) is 0.331. The molecule has 0 aliphatic carbocycles. The highest BCUT2D eigenvalue weighted by atomic mass is 35.5. The van der Waals surface area contributed by atoms with E-state index in [9.17, 15) is 4.79 Å². The van der Waals surface area contributed by atoms with E-state index in [-0.39, 0.29) is 21.9 Å². The molecule has 0 saturated heterocycles. The number of nitrogens with zero attached hydrogens (tertiary/aromatic N) is 2. The molecule has 0 aliphatic heterocycles. The summed E-state index contributed by atoms with van der Waals surface area (Å²) in [6.45, 7) is 2.08. The predicted octanol–water partition coefficient (Wildman–Crippen LogP) is 6.08. The standard InChI is InChI=1S/C24H22Cl2N4O3/c1-4-15(13-6-5-7-14(10-13)32-2)23-28-20-16(8-9-19(33-3)22(20)29-23)24(31)30-21-17(25)11-27-12-18(21)26/h5-12,15H,4H2,1-3H3,(H,28,29)(H,27,30,31)/t15-/m1/s1. The Morgan fingerprint density at radius 1 is 1.12 bits per heavy atom. The van der Waals surface area contributed by atoms with Crippen LogP contribution in [0.3, 0.4) is 0 Å². The Labute approximate surface area is 201 Å². The summed E-state index contributed by atoms with van der Waals surface area (Å²) in [5.41, 5.74) is 2.85. The second-order valence-corrected chi connectivity index (χ2v) is 8.15. The van der Waals surface area contributed by atoms with Crippen molar-refractivity contribution in [2.75, 3.05) is 19.5 Å². The first-order valence-corrected chi connectivity index (χ1v) is 11.0. The summed E-state index contributed by atoms with van der Waals surface area (Å²) in [7, 11) is 3.21. The maximum atomic E-state index is 13.2. The van der Waals surface area contributed by atoms with Gasteiger partial charge in [-0.25, -0.2) is 4.98 Å². The Kier molecular flexibility index (Phi) is 6.72. The van der Waals surface area contributed by atoms with Gasteiger partial charge in [-0.15, -0.1) is 0 Å². The predicted molar refractivity (Wildman–Crippen MR) is 130 cm³/mol. The number of aromatic nitrogens is 3. The van der Waals surface area contributed by atoms with E-state index in [2.05, 4.69) is 22.2 Å². The second-order valence-electron chi connectivity index (χ2n) is 7.33. The summed E-state index contributed by atoms with van der Waals surface area (Å²) in [5.74, 6) is 1.63. The van der Waals surface area contributed by atoms with Crippen LogP contribution < -0.4 is 14.8 Å². The first-order chi connectivity index (χ1) is 16.0. The van der Waals surface area contributed by atoms with Gasteiger partial charge in [0.25, 0.3) is 5.91 Å². The van der Waals surface area contributed by atoms with Gasteiger partial charge in [-0.3, -0.25) is 9.78 Å². The molecule has 7 nitrogen and oxygen atoms in total. The number of nitrogens with one attached hydrogen (secondary N) is 2. The molecule has 0 bridgehead atoms. The number of H-pyrrole nitrogens is 1. The van der Waals surface area contributed by atoms with E-state index in [0.29, 0.717) is 28.0 Å². The van der Waals surface area contributed by atoms with Gasteiger partial charge in [0.2, 0.25) is 0 Å². The van der Waals surface area contributed by atoms with Crippen LogP contribution in [-0.2, 0) is 0 Å². The fourth-order valence-electron chi connectivity index (χ4n) is 3.76. The molecule has 0 radical (unpaired) electrons. The van der Waals surface area contributed by atoms with Crippen molar-refractivity contribution >= 4 is 45.8 Å². The molecule has 0 saturated carbocycles. The first-order valence-electron chi connectivity index (χ1n) is 10.3. The van der Waals surface area contributed by atoms with Crippen molar-refractivity contribution in [2.45, 2.75) is 19.3 Å². The fraction of sp³-hybridized carbons (Fsp3) is 0.208. The first kappa shape index (κ1) is 22.9. The minimum absolute atomic E-state index is 0.0304. The van der Waals surface area contributed by atoms with E-state index in [1.54, 1.807) is 26.4 Å². The lowest BCUT2D eigenvalue weighted by Gasteiger charge is -2.13. The summed E-state index contributed by atoms with van der Waals surface area (Å²) >= 11 is 12.3. The Balaban J connectivity index is 1.79. The zero-order chi connectivity index (χ0) is 23.5. The van der Waals surface area contributed by atoms with Crippen LogP contribution in [-0.4, -0.2) is 35.1 Å². The van der Waals surface area contributed by atoms with Gasteiger partial charge in [0.15, 0.2) is 0 Å². The number of anilines is 1. The Hall–Kier alpha value is -3.29. The number of ether oxygens (including phenoxy) is 2. The summed E-state index contributed by atoms with van der Waals surface area (Å²) in [4.78, 5) is 25.3. The number of rotatable bonds is 7. The minimum atomic E-state index is -0.387. The third kappa shape index (κ3) is 4.47. The van der Waals surface area contributed by atoms with Crippen molar-refractivity contribution in [1.82, 2.24) is 15.0 Å². The molecular formula is C24H22Cl2N4O3. The van der Waals surface area contributed by atoms with E-state index in [1.807, 2.05) is 24.3 Å². The average molecular weight is 485 g/mol. The number of fused-ring (bicyclic) bond motifs is 1. The molecule has 0 spiro atoms. The number of carbonyl (C=O) groups is 1. The number of aromatic amines is 1. The van der Waals surface area contributed by atoms with Crippen molar-refractivity contribution < 1.29 is 14.3 Å². The van der Waals surface area contributed by atoms with Crippen molar-refractivity contribution in [3.8, 4) is 11.5 Å². The lowest BCUT2D eigenvalue weighted by molar-refractivity contribution is 0.102. The maximum Gasteiger partial charge on any atom is 0.257 e. The van der Waals surface area contributed by atoms with Gasteiger partial charge in [0, 0.05) is 18.3 Å². The van der Waals surface area contributed by atoms with Gasteiger partial charge in [0.05, 0.1) is 41.0 Å². The van der Waals surface area contributed by atoms with Crippen LogP contribution in [0.15, 0.2) is 48.8 Å². The smallest absolute Gasteiger partial charge is 0.257 e. The molecule has 1 atom stereocenters. The van der Waals surface area contributed by atoms with Crippen LogP contribution in [0.5, 0.6) is 11.5 Å². The molecule has 2 aromatic heterocycles. The summed E-state index contributed by atoms with van der Waals surface area (Å²) in [5, 5.41) is 3.27. The van der Waals surface area contributed by atoms with Crippen LogP contribution in [0.25, 0.3) is 11.0 Å². The van der Waals surface area contributed by atoms with E-state index in [4.69, 9.17) is 37.7 Å². The van der Waals surface area contributed by atoms with Crippen LogP contribution in [0.2, 0.25) is 10.0 Å². The molecule has 0 aliphatic rings. The molecule has 4 aromatic rings. The molecule has 2 N–H and O–H groups in total. The Morgan fingerprint density at radius 2 is 1.88 bits per heavy atom. The molecule has 0 fully saturated rings. The number of amides is 1. The number of halogens is 2. The monoisotopic (exact) mass is 484 g/mol. The highest BCUT2D eigenvalue weighted by Gasteiger charge is 2.23. The zero-order valence-electron chi connectivity index (χ0n) is 18.3. The lowest BCUT2D eigenvalue weighted by atomic mass is 9.95. The largest absolute Gasteiger partial charge is 0.497 e. The zero-order valence-corrected chi connectivity index (χ0v) is 19.8. The van der Waals surface area contributed by atoms with Crippen molar-refractivity contribution in [2.24, 2.45) is 0 Å². The molecule has 0 unspecified atom stereocenters. The van der Waals surface area contributed by atoms with Crippen LogP contribution in [0, 0.1) is 0 Å². The Bertz CT molecular complexity index is 1300. The number of pyridine rings is 1. The maximum absolute atomic E-state index is 13.2. The highest BCUT2D eigenvalue weighted by molar-refractivity contribution is 6.39. The second kappa shape index (κ2) is 9.68. The van der Waals surface area contributed by atoms with Crippen LogP contribution >= 0.6 is 23.2 Å². The van der Waals surface area contributed by atoms with Gasteiger partial charge in [-0.05, 0) is 36.2 Å². The van der Waals surface area contributed by atoms with E-state index < -0.39 is 0 Å². The average Bonchev–Trinajstić information content (AvgIpc) is 3.26. The Morgan fingerprint density at radius 3 is 2.55 bits per heavy atom. The molecule has 33 heavy (non-hydrogen) atoms. The lowest BCUT2D eigenvalue weighted by Crippen LogP contribution is -2.13. The molecule has 9 heteroatoms. The third-order valence-corrected chi connectivity index (χ3v) is 5.99.